The number of imidazole rings is 1. The molecule has 2 unspecified atom stereocenters. The number of nitrogens with zero attached hydrogens (tertiary/aromatic N) is 4. The van der Waals surface area contributed by atoms with Crippen LogP contribution >= 0.6 is 24.0 Å². The Bertz CT molecular complexity index is 728. The summed E-state index contributed by atoms with van der Waals surface area (Å²) in [7, 11) is 1.83. The van der Waals surface area contributed by atoms with E-state index in [1.54, 1.807) is 6.20 Å². The zero-order valence-electron chi connectivity index (χ0n) is 16.6. The Morgan fingerprint density at radius 2 is 2.07 bits per heavy atom. The molecule has 0 saturated carbocycles. The smallest absolute Gasteiger partial charge is 0.191 e. The molecule has 2 N–H and O–H groups in total. The highest BCUT2D eigenvalue weighted by Crippen LogP contribution is 2.19. The van der Waals surface area contributed by atoms with Crippen LogP contribution in [0.15, 0.2) is 48.0 Å². The first-order chi connectivity index (χ1) is 12.6. The number of para-hydroxylation sites is 1. The van der Waals surface area contributed by atoms with Crippen molar-refractivity contribution >= 4 is 29.9 Å². The molecule has 0 amide bonds. The fourth-order valence-electron chi connectivity index (χ4n) is 3.48. The zero-order chi connectivity index (χ0) is 18.5. The van der Waals surface area contributed by atoms with E-state index in [1.165, 1.54) is 5.56 Å². The summed E-state index contributed by atoms with van der Waals surface area (Å²) >= 11 is 0. The van der Waals surface area contributed by atoms with Crippen LogP contribution in [-0.2, 0) is 6.54 Å². The molecular formula is C20H31IN6. The van der Waals surface area contributed by atoms with Gasteiger partial charge in [0.1, 0.15) is 0 Å². The maximum atomic E-state index is 4.42. The van der Waals surface area contributed by atoms with Crippen molar-refractivity contribution < 1.29 is 0 Å². The summed E-state index contributed by atoms with van der Waals surface area (Å²) in [5.41, 5.74) is 2.34. The molecule has 0 bridgehead atoms. The maximum absolute atomic E-state index is 4.42. The standard InChI is InChI=1S/C20H30N6.HI/c1-15(2)26-12-16(3)18(13-26)24-20(21-4)23-11-17-7-5-6-8-19(17)25-10-9-22-14-25;/h5-10,14-16,18H,11-13H2,1-4H3,(H2,21,23,24);1H. The third-order valence-electron chi connectivity index (χ3n) is 5.14. The number of rotatable bonds is 5. The second kappa shape index (κ2) is 10.1. The molecule has 0 aliphatic carbocycles. The van der Waals surface area contributed by atoms with Crippen LogP contribution in [0.1, 0.15) is 26.3 Å². The Hall–Kier alpha value is -1.61. The van der Waals surface area contributed by atoms with Gasteiger partial charge < -0.3 is 15.2 Å². The van der Waals surface area contributed by atoms with Crippen LogP contribution in [-0.4, -0.2) is 52.6 Å². The first kappa shape index (κ1) is 21.7. The summed E-state index contributed by atoms with van der Waals surface area (Å²) in [6.07, 6.45) is 5.59. The van der Waals surface area contributed by atoms with Gasteiger partial charge in [-0.2, -0.15) is 0 Å². The van der Waals surface area contributed by atoms with Crippen LogP contribution in [0.2, 0.25) is 0 Å². The summed E-state index contributed by atoms with van der Waals surface area (Å²) in [6, 6.07) is 9.36. The quantitative estimate of drug-likeness (QED) is 0.391. The van der Waals surface area contributed by atoms with Gasteiger partial charge in [0.05, 0.1) is 12.0 Å². The van der Waals surface area contributed by atoms with Gasteiger partial charge in [0.2, 0.25) is 0 Å². The lowest BCUT2D eigenvalue weighted by atomic mass is 10.1. The molecule has 0 spiro atoms. The number of likely N-dealkylation sites (tertiary alicyclic amines) is 1. The van der Waals surface area contributed by atoms with Crippen LogP contribution in [0.4, 0.5) is 0 Å². The maximum Gasteiger partial charge on any atom is 0.191 e. The molecule has 2 aromatic rings. The number of hydrogen-bond donors (Lipinski definition) is 2. The summed E-state index contributed by atoms with van der Waals surface area (Å²) in [4.78, 5) is 11.1. The lowest BCUT2D eigenvalue weighted by Crippen LogP contribution is -2.46. The van der Waals surface area contributed by atoms with E-state index in [0.29, 0.717) is 24.5 Å². The fourth-order valence-corrected chi connectivity index (χ4v) is 3.48. The van der Waals surface area contributed by atoms with E-state index in [0.717, 1.165) is 24.7 Å². The van der Waals surface area contributed by atoms with Crippen LogP contribution in [0, 0.1) is 5.92 Å². The summed E-state index contributed by atoms with van der Waals surface area (Å²) in [5.74, 6) is 1.46. The first-order valence-electron chi connectivity index (χ1n) is 9.36. The highest BCUT2D eigenvalue weighted by molar-refractivity contribution is 14.0. The third-order valence-corrected chi connectivity index (χ3v) is 5.14. The molecular weight excluding hydrogens is 451 g/mol. The third kappa shape index (κ3) is 5.44. The van der Waals surface area contributed by atoms with Crippen LogP contribution in [0.5, 0.6) is 0 Å². The summed E-state index contributed by atoms with van der Waals surface area (Å²) in [6.45, 7) is 9.73. The molecule has 7 heteroatoms. The first-order valence-corrected chi connectivity index (χ1v) is 9.36. The number of hydrogen-bond acceptors (Lipinski definition) is 3. The van der Waals surface area contributed by atoms with Crippen LogP contribution < -0.4 is 10.6 Å². The Kier molecular flexibility index (Phi) is 8.09. The van der Waals surface area contributed by atoms with Crippen molar-refractivity contribution in [3.63, 3.8) is 0 Å². The van der Waals surface area contributed by atoms with Crippen molar-refractivity contribution in [2.75, 3.05) is 20.1 Å². The van der Waals surface area contributed by atoms with E-state index < -0.39 is 0 Å². The SMILES string of the molecule is CN=C(NCc1ccccc1-n1ccnc1)NC1CN(C(C)C)CC1C.I. The van der Waals surface area contributed by atoms with Gasteiger partial charge in [-0.1, -0.05) is 25.1 Å². The molecule has 0 radical (unpaired) electrons. The van der Waals surface area contributed by atoms with E-state index in [2.05, 4.69) is 64.5 Å². The summed E-state index contributed by atoms with van der Waals surface area (Å²) in [5, 5.41) is 7.07. The minimum absolute atomic E-state index is 0. The zero-order valence-corrected chi connectivity index (χ0v) is 18.9. The van der Waals surface area contributed by atoms with Crippen molar-refractivity contribution in [3.05, 3.63) is 48.5 Å². The largest absolute Gasteiger partial charge is 0.352 e. The van der Waals surface area contributed by atoms with Crippen molar-refractivity contribution in [2.24, 2.45) is 10.9 Å². The van der Waals surface area contributed by atoms with E-state index in [-0.39, 0.29) is 24.0 Å². The van der Waals surface area contributed by atoms with Crippen molar-refractivity contribution in [3.8, 4) is 5.69 Å². The lowest BCUT2D eigenvalue weighted by Gasteiger charge is -2.22. The number of aromatic nitrogens is 2. The van der Waals surface area contributed by atoms with E-state index in [9.17, 15) is 0 Å². The molecule has 1 fully saturated rings. The van der Waals surface area contributed by atoms with Gasteiger partial charge in [0.25, 0.3) is 0 Å². The molecule has 148 valence electrons. The molecule has 27 heavy (non-hydrogen) atoms. The van der Waals surface area contributed by atoms with Crippen LogP contribution in [0.25, 0.3) is 5.69 Å². The second-order valence-corrected chi connectivity index (χ2v) is 7.30. The second-order valence-electron chi connectivity index (χ2n) is 7.30. The van der Waals surface area contributed by atoms with Crippen molar-refractivity contribution in [2.45, 2.75) is 39.4 Å². The van der Waals surface area contributed by atoms with E-state index in [1.807, 2.05) is 30.2 Å². The minimum Gasteiger partial charge on any atom is -0.352 e. The number of aliphatic imine (C=N–C) groups is 1. The van der Waals surface area contributed by atoms with Gasteiger partial charge in [-0.05, 0) is 31.4 Å². The van der Waals surface area contributed by atoms with Gasteiger partial charge >= 0.3 is 0 Å². The molecule has 3 rings (SSSR count). The average molecular weight is 482 g/mol. The molecule has 1 aliphatic heterocycles. The predicted octanol–water partition coefficient (Wildman–Crippen LogP) is 2.88. The normalized spacial score (nSPS) is 20.6. The monoisotopic (exact) mass is 482 g/mol. The van der Waals surface area contributed by atoms with Gasteiger partial charge in [0.15, 0.2) is 5.96 Å². The van der Waals surface area contributed by atoms with Gasteiger partial charge in [-0.3, -0.25) is 9.89 Å². The number of guanidine groups is 1. The van der Waals surface area contributed by atoms with E-state index >= 15 is 0 Å². The molecule has 1 aliphatic rings. The Balaban J connectivity index is 0.00000261. The lowest BCUT2D eigenvalue weighted by molar-refractivity contribution is 0.265. The van der Waals surface area contributed by atoms with Crippen LogP contribution in [0.3, 0.4) is 0 Å². The highest BCUT2D eigenvalue weighted by Gasteiger charge is 2.31. The Labute approximate surface area is 179 Å². The van der Waals surface area contributed by atoms with Crippen molar-refractivity contribution in [1.29, 1.82) is 0 Å². The molecule has 1 saturated heterocycles. The molecule has 1 aromatic heterocycles. The number of benzene rings is 1. The Morgan fingerprint density at radius 3 is 2.70 bits per heavy atom. The molecule has 2 heterocycles. The Morgan fingerprint density at radius 1 is 1.30 bits per heavy atom. The highest BCUT2D eigenvalue weighted by atomic mass is 127. The fraction of sp³-hybridized carbons (Fsp3) is 0.500. The minimum atomic E-state index is 0. The summed E-state index contributed by atoms with van der Waals surface area (Å²) < 4.78 is 2.03. The predicted molar refractivity (Wildman–Crippen MR) is 122 cm³/mol. The average Bonchev–Trinajstić information content (AvgIpc) is 3.29. The van der Waals surface area contributed by atoms with E-state index in [4.69, 9.17) is 0 Å². The molecule has 6 nitrogen and oxygen atoms in total. The molecule has 1 aromatic carbocycles. The topological polar surface area (TPSA) is 57.5 Å². The van der Waals surface area contributed by atoms with Crippen molar-refractivity contribution in [1.82, 2.24) is 25.1 Å². The number of nitrogens with one attached hydrogen (secondary N) is 2. The molecule has 2 atom stereocenters. The van der Waals surface area contributed by atoms with Gasteiger partial charge in [-0.15, -0.1) is 24.0 Å². The van der Waals surface area contributed by atoms with Gasteiger partial charge in [-0.25, -0.2) is 4.98 Å². The number of halogens is 1. The van der Waals surface area contributed by atoms with Gasteiger partial charge in [0, 0.05) is 51.2 Å².